The first-order chi connectivity index (χ1) is 14.6. The summed E-state index contributed by atoms with van der Waals surface area (Å²) in [6, 6.07) is 21.4. The zero-order valence-corrected chi connectivity index (χ0v) is 19.3. The van der Waals surface area contributed by atoms with E-state index in [2.05, 4.69) is 86.6 Å². The van der Waals surface area contributed by atoms with Crippen LogP contribution in [0.3, 0.4) is 0 Å². The number of benzene rings is 4. The minimum Gasteiger partial charge on any atom is -0.305 e. The molecule has 5 heteroatoms. The molecule has 30 heavy (non-hydrogen) atoms. The summed E-state index contributed by atoms with van der Waals surface area (Å²) in [6.07, 6.45) is 0.875. The first kappa shape index (κ1) is 20.8. The summed E-state index contributed by atoms with van der Waals surface area (Å²) >= 11 is 0. The van der Waals surface area contributed by atoms with Gasteiger partial charge in [-0.1, -0.05) is 55.5 Å². The second-order valence-electron chi connectivity index (χ2n) is 7.76. The fourth-order valence-electron chi connectivity index (χ4n) is 4.36. The molecule has 0 aromatic heterocycles. The topological polar surface area (TPSA) is 50.9 Å². The Kier molecular flexibility index (Phi) is 6.06. The number of hydrogen-bond acceptors (Lipinski definition) is 3. The predicted molar refractivity (Wildman–Crippen MR) is 132 cm³/mol. The highest BCUT2D eigenvalue weighted by Crippen LogP contribution is 2.40. The zero-order valence-electron chi connectivity index (χ0n) is 17.5. The molecule has 0 spiro atoms. The SMILES string of the molecule is CCc1c(P=N)cc2ccccc2c1-c1c(CN(C)C)c(P=N)cc2ccccc12. The van der Waals surface area contributed by atoms with Crippen LogP contribution in [-0.2, 0) is 13.0 Å². The maximum Gasteiger partial charge on any atom is 0.0356 e. The molecule has 0 saturated carbocycles. The third-order valence-corrected chi connectivity index (χ3v) is 6.87. The molecule has 0 unspecified atom stereocenters. The number of nitrogens with one attached hydrogen (secondary N) is 2. The second kappa shape index (κ2) is 8.74. The van der Waals surface area contributed by atoms with E-state index in [1.807, 2.05) is 0 Å². The van der Waals surface area contributed by atoms with E-state index in [-0.39, 0.29) is 0 Å². The molecule has 0 radical (unpaired) electrons. The van der Waals surface area contributed by atoms with Crippen molar-refractivity contribution < 1.29 is 0 Å². The molecule has 0 heterocycles. The van der Waals surface area contributed by atoms with Gasteiger partial charge in [0.2, 0.25) is 0 Å². The van der Waals surface area contributed by atoms with Crippen LogP contribution in [0.5, 0.6) is 0 Å². The molecule has 4 aromatic rings. The Morgan fingerprint density at radius 1 is 0.733 bits per heavy atom. The summed E-state index contributed by atoms with van der Waals surface area (Å²) in [6.45, 7) is 2.96. The van der Waals surface area contributed by atoms with Gasteiger partial charge in [-0.15, -0.1) is 0 Å². The molecule has 4 aromatic carbocycles. The van der Waals surface area contributed by atoms with Gasteiger partial charge in [0, 0.05) is 33.9 Å². The van der Waals surface area contributed by atoms with Gasteiger partial charge in [0.05, 0.1) is 0 Å². The smallest absolute Gasteiger partial charge is 0.0356 e. The largest absolute Gasteiger partial charge is 0.305 e. The molecule has 0 aliphatic rings. The van der Waals surface area contributed by atoms with Crippen molar-refractivity contribution in [3.05, 3.63) is 71.8 Å². The second-order valence-corrected chi connectivity index (χ2v) is 9.17. The van der Waals surface area contributed by atoms with Gasteiger partial charge in [0.15, 0.2) is 0 Å². The van der Waals surface area contributed by atoms with Gasteiger partial charge >= 0.3 is 0 Å². The van der Waals surface area contributed by atoms with Crippen molar-refractivity contribution in [1.29, 1.82) is 10.3 Å². The van der Waals surface area contributed by atoms with Crippen LogP contribution >= 0.6 is 16.7 Å². The number of rotatable bonds is 6. The van der Waals surface area contributed by atoms with Crippen molar-refractivity contribution in [2.45, 2.75) is 19.9 Å². The lowest BCUT2D eigenvalue weighted by Crippen LogP contribution is -2.18. The van der Waals surface area contributed by atoms with Crippen LogP contribution in [0.15, 0.2) is 60.7 Å². The van der Waals surface area contributed by atoms with Crippen molar-refractivity contribution in [2.24, 2.45) is 0 Å². The molecule has 0 bridgehead atoms. The van der Waals surface area contributed by atoms with Crippen LogP contribution in [0.1, 0.15) is 18.1 Å². The first-order valence-electron chi connectivity index (χ1n) is 10.1. The van der Waals surface area contributed by atoms with Crippen LogP contribution in [0.4, 0.5) is 0 Å². The van der Waals surface area contributed by atoms with Gasteiger partial charge in [-0.05, 0) is 76.4 Å². The van der Waals surface area contributed by atoms with E-state index < -0.39 is 0 Å². The average molecular weight is 429 g/mol. The summed E-state index contributed by atoms with van der Waals surface area (Å²) < 4.78 is 0. The fraction of sp³-hybridized carbons (Fsp3) is 0.200. The van der Waals surface area contributed by atoms with E-state index >= 15 is 0 Å². The molecule has 4 rings (SSSR count). The number of fused-ring (bicyclic) bond motifs is 2. The van der Waals surface area contributed by atoms with Gasteiger partial charge in [-0.2, -0.15) is 0 Å². The maximum atomic E-state index is 8.23. The number of nitrogens with zero attached hydrogens (tertiary/aromatic N) is 1. The van der Waals surface area contributed by atoms with E-state index in [0.717, 1.165) is 23.6 Å². The quantitative estimate of drug-likeness (QED) is 0.320. The molecule has 3 nitrogen and oxygen atoms in total. The van der Waals surface area contributed by atoms with Crippen molar-refractivity contribution in [3.63, 3.8) is 0 Å². The van der Waals surface area contributed by atoms with E-state index in [9.17, 15) is 0 Å². The Labute approximate surface area is 181 Å². The Balaban J connectivity index is 2.28. The van der Waals surface area contributed by atoms with E-state index in [1.54, 1.807) is 0 Å². The fourth-order valence-corrected chi connectivity index (χ4v) is 5.49. The van der Waals surface area contributed by atoms with Crippen LogP contribution < -0.4 is 10.6 Å². The summed E-state index contributed by atoms with van der Waals surface area (Å²) in [5, 5.41) is 23.3. The third-order valence-electron chi connectivity index (χ3n) is 5.59. The Morgan fingerprint density at radius 2 is 1.20 bits per heavy atom. The Morgan fingerprint density at radius 3 is 1.67 bits per heavy atom. The minimum atomic E-state index is 0.532. The zero-order chi connectivity index (χ0) is 21.3. The molecular formula is C25H25N3P2. The summed E-state index contributed by atoms with van der Waals surface area (Å²) in [7, 11) is 5.25. The van der Waals surface area contributed by atoms with Gasteiger partial charge in [-0.25, -0.2) is 0 Å². The highest BCUT2D eigenvalue weighted by atomic mass is 31.1. The summed E-state index contributed by atoms with van der Waals surface area (Å²) in [5.74, 6) is 0. The molecule has 2 N–H and O–H groups in total. The minimum absolute atomic E-state index is 0.532. The van der Waals surface area contributed by atoms with Gasteiger partial charge in [-0.3, -0.25) is 10.3 Å². The average Bonchev–Trinajstić information content (AvgIpc) is 2.77. The van der Waals surface area contributed by atoms with Crippen LogP contribution in [0.25, 0.3) is 32.7 Å². The molecule has 150 valence electrons. The molecule has 0 aliphatic heterocycles. The van der Waals surface area contributed by atoms with Crippen molar-refractivity contribution in [1.82, 2.24) is 4.90 Å². The van der Waals surface area contributed by atoms with Gasteiger partial charge in [0.1, 0.15) is 0 Å². The lowest BCUT2D eigenvalue weighted by molar-refractivity contribution is 0.404. The van der Waals surface area contributed by atoms with E-state index in [0.29, 0.717) is 16.7 Å². The van der Waals surface area contributed by atoms with Crippen molar-refractivity contribution in [2.75, 3.05) is 14.1 Å². The van der Waals surface area contributed by atoms with Gasteiger partial charge < -0.3 is 4.90 Å². The lowest BCUT2D eigenvalue weighted by atomic mass is 9.86. The normalized spacial score (nSPS) is 11.9. The molecular weight excluding hydrogens is 404 g/mol. The standard InChI is InChI=1S/C25H25N3P2/c1-4-18-22(29-26)13-16-9-5-7-11-19(16)24(18)25-20-12-8-6-10-17(20)14-23(30-27)21(25)15-28(2)3/h5-14,26-27H,4,15H2,1-3H3. The predicted octanol–water partition coefficient (Wildman–Crippen LogP) is 6.95. The van der Waals surface area contributed by atoms with Crippen LogP contribution in [-0.4, -0.2) is 19.0 Å². The number of hydrogen-bond donors (Lipinski definition) is 2. The Bertz CT molecular complexity index is 1280. The van der Waals surface area contributed by atoms with E-state index in [4.69, 9.17) is 10.3 Å². The van der Waals surface area contributed by atoms with Crippen LogP contribution in [0.2, 0.25) is 0 Å². The summed E-state index contributed by atoms with van der Waals surface area (Å²) in [4.78, 5) is 2.18. The highest BCUT2D eigenvalue weighted by Gasteiger charge is 2.21. The molecule has 0 amide bonds. The van der Waals surface area contributed by atoms with Crippen LogP contribution in [0, 0.1) is 10.3 Å². The molecule has 0 fully saturated rings. The van der Waals surface area contributed by atoms with Crippen molar-refractivity contribution >= 4 is 48.9 Å². The van der Waals surface area contributed by atoms with Crippen molar-refractivity contribution in [3.8, 4) is 11.1 Å². The Hall–Kier alpha value is -2.44. The first-order valence-corrected chi connectivity index (χ1v) is 11.9. The summed E-state index contributed by atoms with van der Waals surface area (Å²) in [5.41, 5.74) is 4.93. The van der Waals surface area contributed by atoms with Gasteiger partial charge in [0.25, 0.3) is 0 Å². The third kappa shape index (κ3) is 3.59. The maximum absolute atomic E-state index is 8.23. The molecule has 0 aliphatic carbocycles. The molecule has 0 atom stereocenters. The lowest BCUT2D eigenvalue weighted by Gasteiger charge is -2.23. The highest BCUT2D eigenvalue weighted by molar-refractivity contribution is 7.35. The molecule has 0 saturated heterocycles. The monoisotopic (exact) mass is 429 g/mol. The van der Waals surface area contributed by atoms with E-state index in [1.165, 1.54) is 43.8 Å².